The molecule has 6 aromatic heterocycles. The van der Waals surface area contributed by atoms with Gasteiger partial charge in [0, 0.05) is 87.6 Å². The molecular formula is C135H75N15. The van der Waals surface area contributed by atoms with Gasteiger partial charge < -0.3 is 27.4 Å². The number of aromatic nitrogens is 6. The summed E-state index contributed by atoms with van der Waals surface area (Å²) in [6, 6.07) is 169. The molecule has 690 valence electrons. The van der Waals surface area contributed by atoms with E-state index >= 15 is 0 Å². The van der Waals surface area contributed by atoms with Crippen LogP contribution in [0.3, 0.4) is 0 Å². The summed E-state index contributed by atoms with van der Waals surface area (Å²) >= 11 is 0. The minimum atomic E-state index is 0.553. The predicted octanol–water partition coefficient (Wildman–Crippen LogP) is 33.8. The van der Waals surface area contributed by atoms with Crippen molar-refractivity contribution >= 4 is 142 Å². The number of nitrogens with zero attached hydrogens (tertiary/aromatic N) is 15. The molecule has 0 aliphatic heterocycles. The van der Waals surface area contributed by atoms with Gasteiger partial charge in [-0.2, -0.15) is 36.8 Å². The van der Waals surface area contributed by atoms with Gasteiger partial charge in [-0.05, 0) is 249 Å². The van der Waals surface area contributed by atoms with Crippen molar-refractivity contribution in [2.24, 2.45) is 0 Å². The van der Waals surface area contributed by atoms with Gasteiger partial charge in [-0.1, -0.05) is 267 Å². The first-order chi connectivity index (χ1) is 74.1. The van der Waals surface area contributed by atoms with E-state index in [4.69, 9.17) is 13.1 Å². The number of fused-ring (bicyclic) bond motifs is 18. The van der Waals surface area contributed by atoms with Crippen molar-refractivity contribution in [2.45, 2.75) is 0 Å². The van der Waals surface area contributed by atoms with E-state index in [-0.39, 0.29) is 0 Å². The number of rotatable bonds is 12. The molecule has 0 N–H and O–H groups in total. The van der Waals surface area contributed by atoms with Gasteiger partial charge in [0.25, 0.3) is 0 Å². The average Bonchev–Trinajstić information content (AvgIpc) is 1.59. The lowest BCUT2D eigenvalue weighted by atomic mass is 9.90. The Bertz CT molecular complexity index is 10700. The molecule has 0 spiro atoms. The molecule has 0 bridgehead atoms. The van der Waals surface area contributed by atoms with Gasteiger partial charge in [0.1, 0.15) is 0 Å². The molecule has 0 atom stereocenters. The van der Waals surface area contributed by atoms with Gasteiger partial charge in [0.05, 0.1) is 178 Å². The minimum Gasteiger partial charge on any atom is -0.319 e. The van der Waals surface area contributed by atoms with Crippen LogP contribution in [0.4, 0.5) is 11.4 Å². The largest absolute Gasteiger partial charge is 0.319 e. The zero-order valence-electron chi connectivity index (χ0n) is 80.0. The standard InChI is InChI=1S/3C45H25N5/c1-48-39-16-9-15-37-38-26-29(27-46)20-25-42(38)49(45(37)39)32-23-21-30(22-24-32)33-11-2-3-14-36(33)44-31(28-47)10-8-19-43(44)50-40-17-6-4-12-34(40)35-13-5-7-18-41(35)50;1-48-32-20-24-43-39(26-32)36-12-5-7-15-41(36)50(43)44-16-8-9-31(28-47)45(44)37-13-3-2-10-34(37)30-18-21-33(22-19-30)49-40-14-6-4-11-35(40)38-25-29(27-46)17-23-42(38)49;46-26-29-19-24-41-38(25-29)35-12-3-5-15-39(35)49(41)33-22-20-30(21-23-33)34-11-1-2-13-36(34)44-31(27-47)9-7-17-42(44)50-40-16-6-4-14-37(40)45-32(28-48)10-8-18-43(45)50/h2*2-26H;1-25H. The highest BCUT2D eigenvalue weighted by molar-refractivity contribution is 6.18. The van der Waals surface area contributed by atoms with Crippen molar-refractivity contribution in [3.8, 4) is 143 Å². The molecular weight excluding hydrogens is 1830 g/mol. The summed E-state index contributed by atoms with van der Waals surface area (Å²) in [6.45, 7) is 15.5. The predicted molar refractivity (Wildman–Crippen MR) is 604 cm³/mol. The van der Waals surface area contributed by atoms with Gasteiger partial charge in [0.15, 0.2) is 5.69 Å². The van der Waals surface area contributed by atoms with Gasteiger partial charge in [-0.25, -0.2) is 9.69 Å². The third-order valence-electron chi connectivity index (χ3n) is 28.9. The summed E-state index contributed by atoms with van der Waals surface area (Å²) in [5.74, 6) is 0. The van der Waals surface area contributed by atoms with E-state index in [1.54, 1.807) is 0 Å². The van der Waals surface area contributed by atoms with Crippen LogP contribution in [-0.2, 0) is 0 Å². The van der Waals surface area contributed by atoms with Crippen LogP contribution in [0.5, 0.6) is 0 Å². The Labute approximate surface area is 860 Å². The highest BCUT2D eigenvalue weighted by Gasteiger charge is 2.28. The average molecular weight is 1910 g/mol. The fourth-order valence-electron chi connectivity index (χ4n) is 22.5. The van der Waals surface area contributed by atoms with Crippen LogP contribution in [0.15, 0.2) is 455 Å². The molecule has 27 aromatic rings. The first kappa shape index (κ1) is 89.2. The van der Waals surface area contributed by atoms with E-state index in [2.05, 4.69) is 304 Å². The summed E-state index contributed by atoms with van der Waals surface area (Å²) in [5.41, 5.74) is 34.5. The molecule has 0 saturated carbocycles. The van der Waals surface area contributed by atoms with E-state index < -0.39 is 0 Å². The summed E-state index contributed by atoms with van der Waals surface area (Å²) in [4.78, 5) is 7.54. The highest BCUT2D eigenvalue weighted by atomic mass is 15.0. The molecule has 15 nitrogen and oxygen atoms in total. The smallest absolute Gasteiger partial charge is 0.211 e. The first-order valence-corrected chi connectivity index (χ1v) is 48.8. The van der Waals surface area contributed by atoms with Crippen molar-refractivity contribution in [1.29, 1.82) is 36.8 Å². The second kappa shape index (κ2) is 37.0. The Morgan fingerprint density at radius 2 is 0.460 bits per heavy atom. The van der Waals surface area contributed by atoms with Crippen LogP contribution < -0.4 is 0 Å². The minimum absolute atomic E-state index is 0.553. The van der Waals surface area contributed by atoms with E-state index in [0.29, 0.717) is 50.3 Å². The summed E-state index contributed by atoms with van der Waals surface area (Å²) in [5, 5.41) is 82.7. The maximum absolute atomic E-state index is 10.5. The maximum atomic E-state index is 10.5. The third-order valence-corrected chi connectivity index (χ3v) is 28.9. The number of para-hydroxylation sites is 7. The molecule has 0 radical (unpaired) electrons. The van der Waals surface area contributed by atoms with Crippen molar-refractivity contribution in [3.05, 3.63) is 517 Å². The summed E-state index contributed by atoms with van der Waals surface area (Å²) in [6.07, 6.45) is 0. The van der Waals surface area contributed by atoms with Crippen molar-refractivity contribution in [3.63, 3.8) is 0 Å². The number of hydrogen-bond acceptors (Lipinski definition) is 7. The van der Waals surface area contributed by atoms with Crippen LogP contribution in [0.25, 0.3) is 241 Å². The molecule has 0 aliphatic carbocycles. The second-order valence-electron chi connectivity index (χ2n) is 36.8. The van der Waals surface area contributed by atoms with Gasteiger partial charge in [0.2, 0.25) is 5.69 Å². The molecule has 0 saturated heterocycles. The lowest BCUT2D eigenvalue weighted by Crippen LogP contribution is -2.00. The molecule has 15 heteroatoms. The fraction of sp³-hybridized carbons (Fsp3) is 0. The van der Waals surface area contributed by atoms with E-state index in [1.807, 2.05) is 231 Å². The topological polar surface area (TPSA) is 205 Å². The molecule has 0 fully saturated rings. The van der Waals surface area contributed by atoms with Crippen LogP contribution >= 0.6 is 0 Å². The van der Waals surface area contributed by atoms with Crippen LogP contribution in [0, 0.1) is 92.5 Å². The monoisotopic (exact) mass is 1910 g/mol. The van der Waals surface area contributed by atoms with E-state index in [9.17, 15) is 36.8 Å². The molecule has 0 amide bonds. The van der Waals surface area contributed by atoms with Crippen LogP contribution in [0.1, 0.15) is 38.9 Å². The maximum Gasteiger partial charge on any atom is 0.211 e. The van der Waals surface area contributed by atoms with E-state index in [0.717, 1.165) is 232 Å². The van der Waals surface area contributed by atoms with Gasteiger partial charge in [-0.3, -0.25) is 0 Å². The molecule has 6 heterocycles. The van der Waals surface area contributed by atoms with Crippen molar-refractivity contribution in [1.82, 2.24) is 27.4 Å². The zero-order chi connectivity index (χ0) is 101. The normalized spacial score (nSPS) is 11.1. The number of nitriles is 7. The molecule has 150 heavy (non-hydrogen) atoms. The highest BCUT2D eigenvalue weighted by Crippen LogP contribution is 2.50. The number of benzene rings is 21. The van der Waals surface area contributed by atoms with Crippen molar-refractivity contribution in [2.75, 3.05) is 0 Å². The van der Waals surface area contributed by atoms with Gasteiger partial charge >= 0.3 is 0 Å². The van der Waals surface area contributed by atoms with Crippen LogP contribution in [0.2, 0.25) is 0 Å². The summed E-state index contributed by atoms with van der Waals surface area (Å²) < 4.78 is 13.3. The number of hydrogen-bond donors (Lipinski definition) is 0. The molecule has 0 unspecified atom stereocenters. The zero-order valence-corrected chi connectivity index (χ0v) is 80.0. The third kappa shape index (κ3) is 14.6. The Morgan fingerprint density at radius 3 is 0.840 bits per heavy atom. The van der Waals surface area contributed by atoms with Crippen molar-refractivity contribution < 1.29 is 0 Å². The molecule has 0 aliphatic rings. The SMILES string of the molecule is N#Cc1ccc2c(c1)c1ccccc1n2-c1ccc(-c2ccccc2-c2c(C#N)cccc2-n2c3ccccc3c3c(C#N)cccc32)cc1.[C-]#[N+]c1ccc2c(c1)c1ccccc1n2-c1cccc(C#N)c1-c1ccccc1-c1ccc(-n2c3ccccc3c3cc(C#N)ccc32)cc1.[C-]#[N+]c1cccc2c3cc(C#N)ccc3n(-c3ccc(-c4ccccc4-c4c(C#N)cccc4-n4c5ccccc5c5ccccc54)cc3)c12. The fourth-order valence-corrected chi connectivity index (χ4v) is 22.5. The Balaban J connectivity index is 0.000000116. The molecule has 27 rings (SSSR count). The van der Waals surface area contributed by atoms with E-state index in [1.165, 1.54) is 0 Å². The Morgan fingerprint density at radius 1 is 0.187 bits per heavy atom. The lowest BCUT2D eigenvalue weighted by molar-refractivity contribution is 1.18. The molecule has 21 aromatic carbocycles. The Kier molecular flexibility index (Phi) is 22.0. The first-order valence-electron chi connectivity index (χ1n) is 48.8. The summed E-state index contributed by atoms with van der Waals surface area (Å²) in [7, 11) is 0. The lowest BCUT2D eigenvalue weighted by Gasteiger charge is -2.18. The van der Waals surface area contributed by atoms with Crippen LogP contribution in [-0.4, -0.2) is 27.4 Å². The quantitative estimate of drug-likeness (QED) is 0.108. The van der Waals surface area contributed by atoms with Gasteiger partial charge in [-0.15, -0.1) is 0 Å². The second-order valence-corrected chi connectivity index (χ2v) is 36.8. The Hall–Kier alpha value is -22.2.